The molecule has 3 aromatic rings. The van der Waals surface area contributed by atoms with Gasteiger partial charge in [0, 0.05) is 43.4 Å². The van der Waals surface area contributed by atoms with E-state index in [9.17, 15) is 19.5 Å². The quantitative estimate of drug-likeness (QED) is 0.320. The molecule has 2 amide bonds. The van der Waals surface area contributed by atoms with Crippen molar-refractivity contribution in [1.82, 2.24) is 15.5 Å². The van der Waals surface area contributed by atoms with Crippen LogP contribution in [0.2, 0.25) is 0 Å². The average molecular weight is 510 g/mol. The molecule has 1 aliphatic rings. The first-order valence-corrected chi connectivity index (χ1v) is 12.6. The molecule has 2 unspecified atom stereocenters. The highest BCUT2D eigenvalue weighted by molar-refractivity contribution is 6.10. The number of aryl methyl sites for hydroxylation is 1. The normalized spacial score (nSPS) is 14.6. The second kappa shape index (κ2) is 12.3. The van der Waals surface area contributed by atoms with Crippen LogP contribution < -0.4 is 10.6 Å². The number of ketones is 1. The van der Waals surface area contributed by atoms with Crippen LogP contribution in [0.25, 0.3) is 0 Å². The number of aliphatic hydroxyl groups excluding tert-OH is 1. The van der Waals surface area contributed by atoms with E-state index < -0.39 is 30.2 Å². The molecule has 3 N–H and O–H groups in total. The first kappa shape index (κ1) is 26.8. The van der Waals surface area contributed by atoms with Gasteiger partial charge >= 0.3 is 0 Å². The molecule has 0 heterocycles. The van der Waals surface area contributed by atoms with E-state index in [2.05, 4.69) is 58.9 Å². The lowest BCUT2D eigenvalue weighted by Gasteiger charge is -2.25. The van der Waals surface area contributed by atoms with Crippen molar-refractivity contribution in [2.24, 2.45) is 0 Å². The summed E-state index contributed by atoms with van der Waals surface area (Å²) in [5, 5.41) is 15.2. The van der Waals surface area contributed by atoms with E-state index in [-0.39, 0.29) is 0 Å². The molecule has 3 aromatic carbocycles. The number of likely N-dealkylation sites (N-methyl/N-ethyl adjacent to an activating group) is 2. The van der Waals surface area contributed by atoms with Crippen LogP contribution >= 0.6 is 0 Å². The van der Waals surface area contributed by atoms with Crippen LogP contribution in [0.1, 0.15) is 50.6 Å². The molecule has 0 radical (unpaired) electrons. The minimum absolute atomic E-state index is 0.305. The van der Waals surface area contributed by atoms with Crippen LogP contribution in [-0.2, 0) is 22.6 Å². The zero-order chi connectivity index (χ0) is 27.1. The smallest absolute Gasteiger partial charge is 0.254 e. The summed E-state index contributed by atoms with van der Waals surface area (Å²) in [6.07, 6.45) is 2.24. The summed E-state index contributed by atoms with van der Waals surface area (Å²) >= 11 is 0. The Hall–Kier alpha value is -4.25. The summed E-state index contributed by atoms with van der Waals surface area (Å²) in [4.78, 5) is 37.9. The zero-order valence-electron chi connectivity index (χ0n) is 21.5. The SMILES string of the molecule is CNC(=O)C(C(=O)CO)N(C)C(=O)c1ccc(C#Cc2ccc(CNC3CCc4ccccc43)cc2)cc1. The number of Topliss-reactive ketones (excluding diaryl/α,β-unsaturated/α-hetero) is 1. The third-order valence-electron chi connectivity index (χ3n) is 6.79. The fourth-order valence-electron chi connectivity index (χ4n) is 4.64. The second-order valence-electron chi connectivity index (χ2n) is 9.25. The number of rotatable bonds is 8. The molecule has 0 aliphatic heterocycles. The Morgan fingerprint density at radius 3 is 2.24 bits per heavy atom. The fourth-order valence-corrected chi connectivity index (χ4v) is 4.64. The molecule has 0 saturated heterocycles. The van der Waals surface area contributed by atoms with Gasteiger partial charge in [-0.05, 0) is 65.9 Å². The number of carbonyl (C=O) groups is 3. The summed E-state index contributed by atoms with van der Waals surface area (Å²) < 4.78 is 0. The van der Waals surface area contributed by atoms with E-state index in [1.807, 2.05) is 12.1 Å². The Bertz CT molecular complexity index is 1350. The van der Waals surface area contributed by atoms with E-state index >= 15 is 0 Å². The monoisotopic (exact) mass is 509 g/mol. The van der Waals surface area contributed by atoms with Crippen LogP contribution in [0.15, 0.2) is 72.8 Å². The number of hydrogen-bond acceptors (Lipinski definition) is 5. The number of carbonyl (C=O) groups excluding carboxylic acids is 3. The minimum atomic E-state index is -1.40. The molecule has 4 rings (SSSR count). The van der Waals surface area contributed by atoms with Crippen molar-refractivity contribution < 1.29 is 19.5 Å². The predicted octanol–water partition coefficient (Wildman–Crippen LogP) is 2.61. The van der Waals surface area contributed by atoms with E-state index in [1.165, 1.54) is 30.8 Å². The number of amides is 2. The van der Waals surface area contributed by atoms with Crippen molar-refractivity contribution in [2.75, 3.05) is 20.7 Å². The van der Waals surface area contributed by atoms with E-state index in [4.69, 9.17) is 0 Å². The van der Waals surface area contributed by atoms with Crippen LogP contribution in [-0.4, -0.2) is 54.3 Å². The molecule has 0 spiro atoms. The topological polar surface area (TPSA) is 98.7 Å². The van der Waals surface area contributed by atoms with Gasteiger partial charge in [-0.2, -0.15) is 0 Å². The molecule has 38 heavy (non-hydrogen) atoms. The van der Waals surface area contributed by atoms with Gasteiger partial charge in [-0.3, -0.25) is 14.4 Å². The number of nitrogens with zero attached hydrogens (tertiary/aromatic N) is 1. The highest BCUT2D eigenvalue weighted by Crippen LogP contribution is 2.30. The standard InChI is InChI=1S/C31H31N3O4/c1-32-30(37)29(28(36)20-35)34(2)31(38)25-15-13-22(14-16-25)8-7-21-9-11-23(12-10-21)19-33-27-18-17-24-5-3-4-6-26(24)27/h3-6,9-16,27,29,33,35H,17-20H2,1-2H3,(H,32,37). The number of benzene rings is 3. The highest BCUT2D eigenvalue weighted by Gasteiger charge is 2.32. The molecule has 0 saturated carbocycles. The van der Waals surface area contributed by atoms with Crippen LogP contribution in [0, 0.1) is 11.8 Å². The summed E-state index contributed by atoms with van der Waals surface area (Å²) in [5.41, 5.74) is 5.95. The summed E-state index contributed by atoms with van der Waals surface area (Å²) in [7, 11) is 2.72. The molecule has 7 heteroatoms. The number of hydrogen-bond donors (Lipinski definition) is 3. The van der Waals surface area contributed by atoms with Gasteiger partial charge in [-0.15, -0.1) is 0 Å². The Morgan fingerprint density at radius 2 is 1.61 bits per heavy atom. The second-order valence-corrected chi connectivity index (χ2v) is 9.25. The fraction of sp³-hybridized carbons (Fsp3) is 0.258. The van der Waals surface area contributed by atoms with Gasteiger partial charge < -0.3 is 20.6 Å². The zero-order valence-corrected chi connectivity index (χ0v) is 21.5. The maximum absolute atomic E-state index is 12.8. The van der Waals surface area contributed by atoms with E-state index in [1.54, 1.807) is 24.3 Å². The summed E-state index contributed by atoms with van der Waals surface area (Å²) in [5.74, 6) is 4.32. The van der Waals surface area contributed by atoms with Crippen molar-refractivity contribution in [3.8, 4) is 11.8 Å². The summed E-state index contributed by atoms with van der Waals surface area (Å²) in [6.45, 7) is -0.0436. The number of fused-ring (bicyclic) bond motifs is 1. The Kier molecular flexibility index (Phi) is 8.70. The van der Waals surface area contributed by atoms with Crippen LogP contribution in [0.5, 0.6) is 0 Å². The third kappa shape index (κ3) is 6.17. The maximum Gasteiger partial charge on any atom is 0.254 e. The number of aliphatic hydroxyl groups is 1. The Labute approximate surface area is 222 Å². The predicted molar refractivity (Wildman–Crippen MR) is 145 cm³/mol. The number of nitrogens with one attached hydrogen (secondary N) is 2. The van der Waals surface area contributed by atoms with Crippen molar-refractivity contribution in [3.05, 3.63) is 106 Å². The first-order valence-electron chi connectivity index (χ1n) is 12.6. The largest absolute Gasteiger partial charge is 0.388 e. The van der Waals surface area contributed by atoms with Gasteiger partial charge in [0.15, 0.2) is 11.8 Å². The average Bonchev–Trinajstić information content (AvgIpc) is 3.38. The Balaban J connectivity index is 1.35. The summed E-state index contributed by atoms with van der Waals surface area (Å²) in [6, 6.07) is 22.4. The molecule has 0 bridgehead atoms. The molecule has 194 valence electrons. The molecular formula is C31H31N3O4. The van der Waals surface area contributed by atoms with Gasteiger partial charge in [0.25, 0.3) is 5.91 Å². The van der Waals surface area contributed by atoms with Gasteiger partial charge in [0.1, 0.15) is 6.61 Å². The first-order chi connectivity index (χ1) is 18.4. The lowest BCUT2D eigenvalue weighted by Crippen LogP contribution is -2.52. The molecule has 2 atom stereocenters. The van der Waals surface area contributed by atoms with Gasteiger partial charge in [0.05, 0.1) is 0 Å². The molecule has 0 fully saturated rings. The van der Waals surface area contributed by atoms with Crippen molar-refractivity contribution in [1.29, 1.82) is 0 Å². The minimum Gasteiger partial charge on any atom is -0.388 e. The van der Waals surface area contributed by atoms with Gasteiger partial charge in [-0.25, -0.2) is 0 Å². The lowest BCUT2D eigenvalue weighted by molar-refractivity contribution is -0.135. The van der Waals surface area contributed by atoms with Crippen molar-refractivity contribution in [2.45, 2.75) is 31.5 Å². The lowest BCUT2D eigenvalue weighted by atomic mass is 10.1. The van der Waals surface area contributed by atoms with Crippen molar-refractivity contribution >= 4 is 17.6 Å². The highest BCUT2D eigenvalue weighted by atomic mass is 16.3. The third-order valence-corrected chi connectivity index (χ3v) is 6.79. The van der Waals surface area contributed by atoms with Crippen LogP contribution in [0.3, 0.4) is 0 Å². The van der Waals surface area contributed by atoms with Gasteiger partial charge in [0.2, 0.25) is 5.91 Å². The van der Waals surface area contributed by atoms with E-state index in [0.29, 0.717) is 11.6 Å². The molecule has 1 aliphatic carbocycles. The molecule has 0 aromatic heterocycles. The van der Waals surface area contributed by atoms with Crippen LogP contribution in [0.4, 0.5) is 0 Å². The van der Waals surface area contributed by atoms with Crippen molar-refractivity contribution in [3.63, 3.8) is 0 Å². The Morgan fingerprint density at radius 1 is 0.974 bits per heavy atom. The molecule has 7 nitrogen and oxygen atoms in total. The van der Waals surface area contributed by atoms with Gasteiger partial charge in [-0.1, -0.05) is 48.2 Å². The van der Waals surface area contributed by atoms with E-state index in [0.717, 1.165) is 35.4 Å². The maximum atomic E-state index is 12.8. The molecular weight excluding hydrogens is 478 g/mol.